The lowest BCUT2D eigenvalue weighted by Gasteiger charge is -2.05. The van der Waals surface area contributed by atoms with E-state index in [4.69, 9.17) is 16.7 Å². The number of rotatable bonds is 5. The number of primary sulfonamides is 1. The molecule has 0 amide bonds. The molecule has 4 rings (SSSR count). The van der Waals surface area contributed by atoms with E-state index in [9.17, 15) is 13.2 Å². The summed E-state index contributed by atoms with van der Waals surface area (Å²) in [7, 11) is -3.70. The topological polar surface area (TPSA) is 90.1 Å². The van der Waals surface area contributed by atoms with Crippen LogP contribution in [0.5, 0.6) is 0 Å². The molecule has 1 saturated carbocycles. The van der Waals surface area contributed by atoms with E-state index in [2.05, 4.69) is 4.98 Å². The molecule has 7 heteroatoms. The van der Waals surface area contributed by atoms with E-state index in [1.807, 2.05) is 18.2 Å². The number of ketones is 1. The van der Waals surface area contributed by atoms with Crippen molar-refractivity contribution in [2.24, 2.45) is 11.1 Å². The van der Waals surface area contributed by atoms with Gasteiger partial charge in [0, 0.05) is 35.5 Å². The Morgan fingerprint density at radius 3 is 2.59 bits per heavy atom. The Hall–Kier alpha value is -2.28. The van der Waals surface area contributed by atoms with Gasteiger partial charge in [0.2, 0.25) is 10.0 Å². The first-order valence-corrected chi connectivity index (χ1v) is 10.4. The number of Topliss-reactive ketones (excluding diaryl/α,β-unsaturated/α-hetero) is 1. The van der Waals surface area contributed by atoms with Crippen molar-refractivity contribution in [2.45, 2.75) is 23.7 Å². The number of nitrogens with zero attached hydrogens (tertiary/aromatic N) is 1. The van der Waals surface area contributed by atoms with Gasteiger partial charge in [0.15, 0.2) is 0 Å². The zero-order valence-electron chi connectivity index (χ0n) is 14.3. The number of sulfonamides is 1. The molecule has 0 saturated heterocycles. The van der Waals surface area contributed by atoms with Gasteiger partial charge in [-0.25, -0.2) is 13.6 Å². The molecule has 0 bridgehead atoms. The van der Waals surface area contributed by atoms with E-state index in [1.54, 1.807) is 24.5 Å². The molecule has 0 radical (unpaired) electrons. The van der Waals surface area contributed by atoms with Crippen LogP contribution in [0.2, 0.25) is 5.02 Å². The molecule has 5 nitrogen and oxygen atoms in total. The summed E-state index contributed by atoms with van der Waals surface area (Å²) < 4.78 is 22.7. The molecule has 0 aliphatic heterocycles. The minimum Gasteiger partial charge on any atom is -0.299 e. The molecule has 138 valence electrons. The van der Waals surface area contributed by atoms with Crippen molar-refractivity contribution in [2.75, 3.05) is 0 Å². The zero-order chi connectivity index (χ0) is 19.2. The van der Waals surface area contributed by atoms with Crippen LogP contribution >= 0.6 is 11.6 Å². The lowest BCUT2D eigenvalue weighted by atomic mass is 10.0. The molecule has 3 aromatic rings. The minimum absolute atomic E-state index is 0.0334. The van der Waals surface area contributed by atoms with Crippen LogP contribution in [0.3, 0.4) is 0 Å². The Balaban J connectivity index is 1.47. The number of pyridine rings is 1. The third-order valence-corrected chi connectivity index (χ3v) is 6.23. The molecule has 1 aliphatic carbocycles. The van der Waals surface area contributed by atoms with Crippen molar-refractivity contribution in [1.29, 1.82) is 0 Å². The maximum Gasteiger partial charge on any atom is 0.238 e. The summed E-state index contributed by atoms with van der Waals surface area (Å²) in [6.07, 6.45) is 4.48. The number of hydrogen-bond donors (Lipinski definition) is 1. The molecular formula is C20H17ClN2O3S. The van der Waals surface area contributed by atoms with Gasteiger partial charge < -0.3 is 0 Å². The van der Waals surface area contributed by atoms with Crippen molar-refractivity contribution < 1.29 is 13.2 Å². The Labute approximate surface area is 162 Å². The van der Waals surface area contributed by atoms with Crippen LogP contribution in [0.1, 0.15) is 23.5 Å². The predicted molar refractivity (Wildman–Crippen MR) is 104 cm³/mol. The fourth-order valence-electron chi connectivity index (χ4n) is 3.44. The van der Waals surface area contributed by atoms with E-state index in [0.29, 0.717) is 11.4 Å². The average Bonchev–Trinajstić information content (AvgIpc) is 3.43. The second-order valence-electron chi connectivity index (χ2n) is 6.88. The van der Waals surface area contributed by atoms with Crippen LogP contribution in [0.25, 0.3) is 10.8 Å². The number of nitrogens with two attached hydrogens (primary N) is 1. The van der Waals surface area contributed by atoms with E-state index in [1.165, 1.54) is 12.1 Å². The van der Waals surface area contributed by atoms with Crippen LogP contribution < -0.4 is 5.14 Å². The second kappa shape index (κ2) is 6.71. The van der Waals surface area contributed by atoms with Gasteiger partial charge in [0.1, 0.15) is 5.78 Å². The van der Waals surface area contributed by atoms with Gasteiger partial charge in [-0.2, -0.15) is 0 Å². The molecule has 2 aromatic carbocycles. The molecule has 2 atom stereocenters. The Bertz CT molecular complexity index is 1140. The highest BCUT2D eigenvalue weighted by Crippen LogP contribution is 2.48. The molecule has 0 unspecified atom stereocenters. The van der Waals surface area contributed by atoms with Crippen LogP contribution in [0.4, 0.5) is 0 Å². The van der Waals surface area contributed by atoms with E-state index in [0.717, 1.165) is 28.3 Å². The zero-order valence-corrected chi connectivity index (χ0v) is 15.9. The van der Waals surface area contributed by atoms with Gasteiger partial charge in [-0.15, -0.1) is 0 Å². The van der Waals surface area contributed by atoms with Gasteiger partial charge in [0.05, 0.1) is 9.92 Å². The highest BCUT2D eigenvalue weighted by atomic mass is 35.5. The second-order valence-corrected chi connectivity index (χ2v) is 8.85. The quantitative estimate of drug-likeness (QED) is 0.710. The number of carbonyl (C=O) groups is 1. The molecule has 1 fully saturated rings. The number of aromatic nitrogens is 1. The Morgan fingerprint density at radius 1 is 1.15 bits per heavy atom. The van der Waals surface area contributed by atoms with Crippen molar-refractivity contribution in [3.63, 3.8) is 0 Å². The van der Waals surface area contributed by atoms with E-state index in [-0.39, 0.29) is 22.5 Å². The summed E-state index contributed by atoms with van der Waals surface area (Å²) in [6, 6.07) is 12.2. The molecule has 1 aromatic heterocycles. The van der Waals surface area contributed by atoms with Gasteiger partial charge >= 0.3 is 0 Å². The van der Waals surface area contributed by atoms with Crippen molar-refractivity contribution >= 4 is 38.2 Å². The summed E-state index contributed by atoms with van der Waals surface area (Å²) in [6.45, 7) is 0. The number of fused-ring (bicyclic) bond motifs is 1. The molecule has 0 spiro atoms. The summed E-state index contributed by atoms with van der Waals surface area (Å²) in [4.78, 5) is 16.8. The van der Waals surface area contributed by atoms with E-state index >= 15 is 0 Å². The Morgan fingerprint density at radius 2 is 1.89 bits per heavy atom. The van der Waals surface area contributed by atoms with Crippen molar-refractivity contribution in [3.05, 3.63) is 71.0 Å². The third kappa shape index (κ3) is 3.74. The number of carbonyl (C=O) groups excluding carboxylic acids is 1. The first kappa shape index (κ1) is 18.1. The first-order valence-electron chi connectivity index (χ1n) is 8.50. The van der Waals surface area contributed by atoms with Gasteiger partial charge in [-0.3, -0.25) is 9.78 Å². The van der Waals surface area contributed by atoms with Crippen molar-refractivity contribution in [1.82, 2.24) is 4.98 Å². The lowest BCUT2D eigenvalue weighted by Crippen LogP contribution is -2.12. The number of hydrogen-bond acceptors (Lipinski definition) is 4. The summed E-state index contributed by atoms with van der Waals surface area (Å²) in [5, 5.41) is 7.52. The van der Waals surface area contributed by atoms with E-state index < -0.39 is 10.0 Å². The maximum atomic E-state index is 12.6. The maximum absolute atomic E-state index is 12.6. The SMILES string of the molecule is NS(=O)(=O)c1ccc([C@@H]2C[C@H]2C(=O)Cc2ccc3cncc(Cl)c3c2)cc1. The highest BCUT2D eigenvalue weighted by molar-refractivity contribution is 7.89. The number of benzene rings is 2. The van der Waals surface area contributed by atoms with Crippen LogP contribution in [0.15, 0.2) is 59.8 Å². The monoisotopic (exact) mass is 400 g/mol. The smallest absolute Gasteiger partial charge is 0.238 e. The summed E-state index contributed by atoms with van der Waals surface area (Å²) >= 11 is 6.19. The van der Waals surface area contributed by atoms with Crippen LogP contribution in [0, 0.1) is 5.92 Å². The average molecular weight is 401 g/mol. The minimum atomic E-state index is -3.70. The summed E-state index contributed by atoms with van der Waals surface area (Å²) in [5.74, 6) is 0.286. The van der Waals surface area contributed by atoms with Crippen LogP contribution in [-0.2, 0) is 21.2 Å². The fourth-order valence-corrected chi connectivity index (χ4v) is 4.18. The van der Waals surface area contributed by atoms with Gasteiger partial charge in [-0.05, 0) is 41.7 Å². The molecule has 1 aliphatic rings. The standard InChI is InChI=1S/C20H17ClN2O3S/c21-19-11-23-10-14-2-1-12(7-17(14)19)8-20(24)18-9-16(18)13-3-5-15(6-4-13)27(22,25)26/h1-7,10-11,16,18H,8-9H2,(H2,22,25,26)/t16-,18+/m0/s1. The number of halogens is 1. The normalized spacial score (nSPS) is 19.2. The summed E-state index contributed by atoms with van der Waals surface area (Å²) in [5.41, 5.74) is 1.89. The lowest BCUT2D eigenvalue weighted by molar-refractivity contribution is -0.119. The third-order valence-electron chi connectivity index (χ3n) is 5.00. The highest BCUT2D eigenvalue weighted by Gasteiger charge is 2.43. The van der Waals surface area contributed by atoms with Crippen LogP contribution in [-0.4, -0.2) is 19.2 Å². The molecular weight excluding hydrogens is 384 g/mol. The van der Waals surface area contributed by atoms with Gasteiger partial charge in [-0.1, -0.05) is 35.9 Å². The molecule has 27 heavy (non-hydrogen) atoms. The largest absolute Gasteiger partial charge is 0.299 e. The fraction of sp³-hybridized carbons (Fsp3) is 0.200. The molecule has 1 heterocycles. The van der Waals surface area contributed by atoms with Gasteiger partial charge in [0.25, 0.3) is 0 Å². The van der Waals surface area contributed by atoms with Crippen molar-refractivity contribution in [3.8, 4) is 0 Å². The first-order chi connectivity index (χ1) is 12.8. The molecule has 2 N–H and O–H groups in total. The predicted octanol–water partition coefficient (Wildman–Crippen LogP) is 3.45. The Kier molecular flexibility index (Phi) is 4.50.